The number of aryl methyl sites for hydroxylation is 2. The Labute approximate surface area is 139 Å². The third kappa shape index (κ3) is 3.64. The molecule has 2 atom stereocenters. The Morgan fingerprint density at radius 1 is 1.29 bits per heavy atom. The first-order valence-corrected chi connectivity index (χ1v) is 7.93. The van der Waals surface area contributed by atoms with E-state index < -0.39 is 0 Å². The number of nitrogens with one attached hydrogen (secondary N) is 3. The van der Waals surface area contributed by atoms with Crippen LogP contribution in [0.5, 0.6) is 0 Å². The van der Waals surface area contributed by atoms with Gasteiger partial charge in [-0.2, -0.15) is 0 Å². The predicted octanol–water partition coefficient (Wildman–Crippen LogP) is 2.49. The van der Waals surface area contributed by atoms with E-state index in [2.05, 4.69) is 15.6 Å². The predicted molar refractivity (Wildman–Crippen MR) is 89.5 cm³/mol. The van der Waals surface area contributed by atoms with E-state index in [1.54, 1.807) is 12.1 Å². The molecule has 126 valence electrons. The van der Waals surface area contributed by atoms with Crippen LogP contribution in [-0.2, 0) is 6.54 Å². The zero-order valence-corrected chi connectivity index (χ0v) is 13.7. The summed E-state index contributed by atoms with van der Waals surface area (Å²) in [6.45, 7) is 3.85. The van der Waals surface area contributed by atoms with Gasteiger partial charge in [-0.15, -0.1) is 0 Å². The van der Waals surface area contributed by atoms with E-state index in [4.69, 9.17) is 0 Å². The number of rotatable bonds is 4. The first-order valence-electron chi connectivity index (χ1n) is 7.93. The maximum atomic E-state index is 12.9. The van der Waals surface area contributed by atoms with Crippen LogP contribution in [0.2, 0.25) is 0 Å². The number of carbonyl (C=O) groups is 1. The summed E-state index contributed by atoms with van der Waals surface area (Å²) in [5.74, 6) is -0.0406. The second kappa shape index (κ2) is 6.47. The molecule has 0 aliphatic heterocycles. The maximum absolute atomic E-state index is 12.9. The first kappa shape index (κ1) is 16.2. The summed E-state index contributed by atoms with van der Waals surface area (Å²) >= 11 is 0. The fourth-order valence-electron chi connectivity index (χ4n) is 2.92. The maximum Gasteiger partial charge on any atom is 0.315 e. The van der Waals surface area contributed by atoms with Crippen molar-refractivity contribution in [2.24, 2.45) is 0 Å². The summed E-state index contributed by atoms with van der Waals surface area (Å²) in [4.78, 5) is 26.6. The molecule has 1 fully saturated rings. The smallest absolute Gasteiger partial charge is 0.315 e. The number of halogens is 1. The van der Waals surface area contributed by atoms with Gasteiger partial charge in [0, 0.05) is 23.2 Å². The number of benzene rings is 1. The molecule has 24 heavy (non-hydrogen) atoms. The van der Waals surface area contributed by atoms with Gasteiger partial charge in [0.25, 0.3) is 5.56 Å². The van der Waals surface area contributed by atoms with Crippen LogP contribution in [0.1, 0.15) is 34.7 Å². The fraction of sp³-hybridized carbons (Fsp3) is 0.333. The van der Waals surface area contributed by atoms with Crippen LogP contribution in [0.15, 0.2) is 35.1 Å². The van der Waals surface area contributed by atoms with Crippen molar-refractivity contribution in [3.05, 3.63) is 68.9 Å². The summed E-state index contributed by atoms with van der Waals surface area (Å²) < 4.78 is 12.9. The van der Waals surface area contributed by atoms with Crippen LogP contribution >= 0.6 is 0 Å². The van der Waals surface area contributed by atoms with Crippen molar-refractivity contribution in [1.82, 2.24) is 15.6 Å². The first-order chi connectivity index (χ1) is 11.4. The van der Waals surface area contributed by atoms with Gasteiger partial charge in [0.1, 0.15) is 5.82 Å². The van der Waals surface area contributed by atoms with Crippen molar-refractivity contribution in [1.29, 1.82) is 0 Å². The number of urea groups is 1. The second-order valence-electron chi connectivity index (χ2n) is 6.27. The van der Waals surface area contributed by atoms with Crippen LogP contribution in [0.4, 0.5) is 9.18 Å². The molecule has 1 aliphatic rings. The molecule has 0 radical (unpaired) electrons. The Morgan fingerprint density at radius 3 is 2.67 bits per heavy atom. The van der Waals surface area contributed by atoms with Crippen LogP contribution in [0.25, 0.3) is 0 Å². The van der Waals surface area contributed by atoms with E-state index >= 15 is 0 Å². The summed E-state index contributed by atoms with van der Waals surface area (Å²) in [5, 5.41) is 5.60. The van der Waals surface area contributed by atoms with Gasteiger partial charge in [0.2, 0.25) is 0 Å². The number of carbonyl (C=O) groups excluding carboxylic acids is 1. The van der Waals surface area contributed by atoms with Gasteiger partial charge in [-0.05, 0) is 49.6 Å². The molecule has 3 N–H and O–H groups in total. The molecule has 1 aromatic carbocycles. The van der Waals surface area contributed by atoms with E-state index in [1.165, 1.54) is 12.1 Å². The monoisotopic (exact) mass is 329 g/mol. The molecule has 0 saturated heterocycles. The third-order valence-electron chi connectivity index (χ3n) is 4.32. The van der Waals surface area contributed by atoms with E-state index in [-0.39, 0.29) is 35.9 Å². The highest BCUT2D eigenvalue weighted by molar-refractivity contribution is 5.75. The van der Waals surface area contributed by atoms with E-state index in [0.29, 0.717) is 5.56 Å². The van der Waals surface area contributed by atoms with Gasteiger partial charge in [-0.1, -0.05) is 12.1 Å². The lowest BCUT2D eigenvalue weighted by atomic mass is 10.1. The topological polar surface area (TPSA) is 74.0 Å². The summed E-state index contributed by atoms with van der Waals surface area (Å²) in [6.07, 6.45) is 0.837. The number of aromatic amines is 1. The molecule has 3 rings (SSSR count). The normalized spacial score (nSPS) is 19.0. The molecule has 5 nitrogen and oxygen atoms in total. The number of pyridine rings is 1. The van der Waals surface area contributed by atoms with Crippen molar-refractivity contribution in [3.8, 4) is 0 Å². The second-order valence-corrected chi connectivity index (χ2v) is 6.27. The van der Waals surface area contributed by atoms with Gasteiger partial charge in [0.05, 0.1) is 6.54 Å². The standard InChI is InChI=1S/C18H20FN3O2/c1-10-7-11(2)21-17(23)15(10)9-20-18(24)22-16-8-14(16)12-3-5-13(19)6-4-12/h3-7,14,16H,8-9H2,1-2H3,(H,21,23)(H2,20,22,24)/t14-,16-/m0/s1. The van der Waals surface area contributed by atoms with Gasteiger partial charge in [-0.3, -0.25) is 4.79 Å². The van der Waals surface area contributed by atoms with Crippen molar-refractivity contribution in [3.63, 3.8) is 0 Å². The zero-order chi connectivity index (χ0) is 17.3. The van der Waals surface area contributed by atoms with E-state index in [9.17, 15) is 14.0 Å². The molecule has 1 heterocycles. The molecular formula is C18H20FN3O2. The number of aromatic nitrogens is 1. The Kier molecular flexibility index (Phi) is 4.38. The fourth-order valence-corrected chi connectivity index (χ4v) is 2.92. The average molecular weight is 329 g/mol. The number of H-pyrrole nitrogens is 1. The van der Waals surface area contributed by atoms with Gasteiger partial charge in [-0.25, -0.2) is 9.18 Å². The molecule has 0 bridgehead atoms. The van der Waals surface area contributed by atoms with Crippen LogP contribution in [0, 0.1) is 19.7 Å². The van der Waals surface area contributed by atoms with Crippen LogP contribution in [0.3, 0.4) is 0 Å². The third-order valence-corrected chi connectivity index (χ3v) is 4.32. The Morgan fingerprint density at radius 2 is 2.00 bits per heavy atom. The quantitative estimate of drug-likeness (QED) is 0.806. The average Bonchev–Trinajstić information content (AvgIpc) is 3.26. The molecule has 2 aromatic rings. The SMILES string of the molecule is Cc1cc(C)c(CNC(=O)N[C@H]2C[C@H]2c2ccc(F)cc2)c(=O)[nH]1. The molecule has 1 saturated carbocycles. The number of hydrogen-bond donors (Lipinski definition) is 3. The number of amides is 2. The Balaban J connectivity index is 1.52. The molecule has 6 heteroatoms. The lowest BCUT2D eigenvalue weighted by Gasteiger charge is -2.09. The highest BCUT2D eigenvalue weighted by Crippen LogP contribution is 2.40. The zero-order valence-electron chi connectivity index (χ0n) is 13.7. The van der Waals surface area contributed by atoms with Crippen molar-refractivity contribution < 1.29 is 9.18 Å². The minimum atomic E-state index is -0.302. The van der Waals surface area contributed by atoms with Gasteiger partial charge >= 0.3 is 6.03 Å². The van der Waals surface area contributed by atoms with Gasteiger partial charge in [0.15, 0.2) is 0 Å². The minimum Gasteiger partial charge on any atom is -0.335 e. The highest BCUT2D eigenvalue weighted by atomic mass is 19.1. The largest absolute Gasteiger partial charge is 0.335 e. The number of hydrogen-bond acceptors (Lipinski definition) is 2. The van der Waals surface area contributed by atoms with Crippen LogP contribution in [-0.4, -0.2) is 17.1 Å². The summed E-state index contributed by atoms with van der Waals surface area (Å²) in [5.41, 5.74) is 3.05. The Hall–Kier alpha value is -2.63. The molecular weight excluding hydrogens is 309 g/mol. The van der Waals surface area contributed by atoms with E-state index in [1.807, 2.05) is 19.9 Å². The summed E-state index contributed by atoms with van der Waals surface area (Å²) in [7, 11) is 0. The van der Waals surface area contributed by atoms with Crippen molar-refractivity contribution in [2.75, 3.05) is 0 Å². The van der Waals surface area contributed by atoms with Crippen LogP contribution < -0.4 is 16.2 Å². The van der Waals surface area contributed by atoms with Gasteiger partial charge < -0.3 is 15.6 Å². The van der Waals surface area contributed by atoms with Crippen molar-refractivity contribution >= 4 is 6.03 Å². The lowest BCUT2D eigenvalue weighted by Crippen LogP contribution is -2.38. The van der Waals surface area contributed by atoms with E-state index in [0.717, 1.165) is 23.2 Å². The molecule has 2 amide bonds. The molecule has 1 aliphatic carbocycles. The summed E-state index contributed by atoms with van der Waals surface area (Å²) in [6, 6.07) is 7.97. The minimum absolute atomic E-state index is 0.0489. The Bertz CT molecular complexity index is 814. The van der Waals surface area contributed by atoms with Crippen molar-refractivity contribution in [2.45, 2.75) is 38.8 Å². The molecule has 0 unspecified atom stereocenters. The lowest BCUT2D eigenvalue weighted by molar-refractivity contribution is 0.240. The highest BCUT2D eigenvalue weighted by Gasteiger charge is 2.39. The molecule has 1 aromatic heterocycles. The molecule has 0 spiro atoms.